The quantitative estimate of drug-likeness (QED) is 0.645. The van der Waals surface area contributed by atoms with Crippen LogP contribution < -0.4 is 4.90 Å². The SMILES string of the molecule is CC[C@H](C)c1nc(N2CCN(C(=O)CCCl)CC2)c2c3c(sc2n1)C[C@@H](C)CC3. The second-order valence-corrected chi connectivity index (χ2v) is 10.0. The molecular weight excluding hydrogens is 404 g/mol. The van der Waals surface area contributed by atoms with Gasteiger partial charge in [-0.05, 0) is 37.2 Å². The maximum absolute atomic E-state index is 12.2. The third-order valence-corrected chi connectivity index (χ3v) is 7.78. The highest BCUT2D eigenvalue weighted by atomic mass is 35.5. The Morgan fingerprint density at radius 2 is 2.03 bits per heavy atom. The van der Waals surface area contributed by atoms with E-state index in [0.717, 1.165) is 67.8 Å². The smallest absolute Gasteiger partial charge is 0.223 e. The number of carbonyl (C=O) groups is 1. The van der Waals surface area contributed by atoms with Crippen LogP contribution in [0.3, 0.4) is 0 Å². The molecular formula is C22H31ClN4OS. The molecule has 1 aliphatic heterocycles. The van der Waals surface area contributed by atoms with Gasteiger partial charge >= 0.3 is 0 Å². The second-order valence-electron chi connectivity index (χ2n) is 8.55. The van der Waals surface area contributed by atoms with Crippen LogP contribution in [-0.4, -0.2) is 52.8 Å². The molecule has 3 heterocycles. The topological polar surface area (TPSA) is 49.3 Å². The van der Waals surface area contributed by atoms with Crippen molar-refractivity contribution in [1.82, 2.24) is 14.9 Å². The Hall–Kier alpha value is -1.40. The van der Waals surface area contributed by atoms with Crippen LogP contribution in [0.25, 0.3) is 10.2 Å². The Balaban J connectivity index is 1.70. The van der Waals surface area contributed by atoms with Crippen molar-refractivity contribution in [3.63, 3.8) is 0 Å². The van der Waals surface area contributed by atoms with Crippen molar-refractivity contribution in [3.8, 4) is 0 Å². The number of hydrogen-bond donors (Lipinski definition) is 0. The standard InChI is InChI=1S/C22H31ClN4OS/c1-4-15(3)20-24-21(27-11-9-26(10-12-27)18(28)7-8-23)19-16-6-5-14(2)13-17(16)29-22(19)25-20/h14-15H,4-13H2,1-3H3/t14-,15-/m0/s1. The van der Waals surface area contributed by atoms with E-state index < -0.39 is 0 Å². The molecule has 0 saturated carbocycles. The Morgan fingerprint density at radius 3 is 2.72 bits per heavy atom. The number of aryl methyl sites for hydroxylation is 1. The number of nitrogens with zero attached hydrogens (tertiary/aromatic N) is 4. The first kappa shape index (κ1) is 20.9. The lowest BCUT2D eigenvalue weighted by Crippen LogP contribution is -2.49. The molecule has 0 N–H and O–H groups in total. The third-order valence-electron chi connectivity index (χ3n) is 6.45. The van der Waals surface area contributed by atoms with Gasteiger partial charge in [0, 0.05) is 49.3 Å². The molecule has 7 heteroatoms. The summed E-state index contributed by atoms with van der Waals surface area (Å²) in [5.41, 5.74) is 1.48. The van der Waals surface area contributed by atoms with Gasteiger partial charge in [0.2, 0.25) is 5.91 Å². The summed E-state index contributed by atoms with van der Waals surface area (Å²) in [4.78, 5) is 29.3. The zero-order valence-electron chi connectivity index (χ0n) is 17.7. The van der Waals surface area contributed by atoms with Gasteiger partial charge in [0.15, 0.2) is 0 Å². The van der Waals surface area contributed by atoms with Crippen molar-refractivity contribution in [2.24, 2.45) is 5.92 Å². The lowest BCUT2D eigenvalue weighted by atomic mass is 9.89. The van der Waals surface area contributed by atoms with Gasteiger partial charge in [-0.15, -0.1) is 22.9 Å². The number of rotatable bonds is 5. The van der Waals surface area contributed by atoms with Gasteiger partial charge in [0.1, 0.15) is 16.5 Å². The zero-order valence-corrected chi connectivity index (χ0v) is 19.3. The second kappa shape index (κ2) is 8.76. The number of hydrogen-bond acceptors (Lipinski definition) is 5. The fraction of sp³-hybridized carbons (Fsp3) is 0.682. The number of halogens is 1. The number of aromatic nitrogens is 2. The lowest BCUT2D eigenvalue weighted by Gasteiger charge is -2.36. The molecule has 1 amide bonds. The van der Waals surface area contributed by atoms with E-state index in [-0.39, 0.29) is 5.91 Å². The van der Waals surface area contributed by atoms with Gasteiger partial charge in [-0.3, -0.25) is 4.79 Å². The number of anilines is 1. The van der Waals surface area contributed by atoms with Gasteiger partial charge in [0.05, 0.1) is 5.39 Å². The highest BCUT2D eigenvalue weighted by Gasteiger charge is 2.29. The van der Waals surface area contributed by atoms with Crippen molar-refractivity contribution in [2.75, 3.05) is 37.0 Å². The molecule has 0 unspecified atom stereocenters. The summed E-state index contributed by atoms with van der Waals surface area (Å²) in [6.45, 7) is 9.87. The van der Waals surface area contributed by atoms with E-state index in [1.54, 1.807) is 0 Å². The van der Waals surface area contributed by atoms with Gasteiger partial charge in [-0.25, -0.2) is 9.97 Å². The molecule has 0 bridgehead atoms. The number of fused-ring (bicyclic) bond motifs is 3. The maximum atomic E-state index is 12.2. The molecule has 2 aromatic heterocycles. The van der Waals surface area contributed by atoms with E-state index in [2.05, 4.69) is 25.7 Å². The Morgan fingerprint density at radius 1 is 1.28 bits per heavy atom. The Bertz CT molecular complexity index is 891. The first-order valence-electron chi connectivity index (χ1n) is 10.9. The minimum absolute atomic E-state index is 0.162. The third kappa shape index (κ3) is 4.11. The molecule has 4 rings (SSSR count). The highest BCUT2D eigenvalue weighted by molar-refractivity contribution is 7.19. The van der Waals surface area contributed by atoms with Gasteiger partial charge < -0.3 is 9.80 Å². The molecule has 2 atom stereocenters. The largest absolute Gasteiger partial charge is 0.352 e. The summed E-state index contributed by atoms with van der Waals surface area (Å²) in [6, 6.07) is 0. The summed E-state index contributed by atoms with van der Waals surface area (Å²) in [5.74, 6) is 3.71. The van der Waals surface area contributed by atoms with Crippen LogP contribution in [-0.2, 0) is 17.6 Å². The summed E-state index contributed by atoms with van der Waals surface area (Å²) in [5, 5.41) is 1.28. The number of alkyl halides is 1. The summed E-state index contributed by atoms with van der Waals surface area (Å²) in [7, 11) is 0. The highest BCUT2D eigenvalue weighted by Crippen LogP contribution is 2.41. The fourth-order valence-corrected chi connectivity index (χ4v) is 5.92. The number of carbonyl (C=O) groups excluding carboxylic acids is 1. The van der Waals surface area contributed by atoms with E-state index in [1.807, 2.05) is 16.2 Å². The maximum Gasteiger partial charge on any atom is 0.223 e. The lowest BCUT2D eigenvalue weighted by molar-refractivity contribution is -0.131. The fourth-order valence-electron chi connectivity index (χ4n) is 4.38. The van der Waals surface area contributed by atoms with Crippen LogP contribution in [0.15, 0.2) is 0 Å². The molecule has 0 aromatic carbocycles. The van der Waals surface area contributed by atoms with E-state index in [0.29, 0.717) is 18.2 Å². The van der Waals surface area contributed by atoms with Gasteiger partial charge in [0.25, 0.3) is 0 Å². The molecule has 1 aliphatic carbocycles. The summed E-state index contributed by atoms with van der Waals surface area (Å²) >= 11 is 7.64. The van der Waals surface area contributed by atoms with Crippen molar-refractivity contribution < 1.29 is 4.79 Å². The van der Waals surface area contributed by atoms with Crippen molar-refractivity contribution in [2.45, 2.75) is 58.8 Å². The van der Waals surface area contributed by atoms with Crippen LogP contribution in [0.4, 0.5) is 5.82 Å². The van der Waals surface area contributed by atoms with E-state index in [9.17, 15) is 4.79 Å². The predicted molar refractivity (Wildman–Crippen MR) is 121 cm³/mol. The monoisotopic (exact) mass is 434 g/mol. The van der Waals surface area contributed by atoms with E-state index in [4.69, 9.17) is 21.6 Å². The molecule has 0 spiro atoms. The van der Waals surface area contributed by atoms with Crippen molar-refractivity contribution >= 4 is 44.9 Å². The average Bonchev–Trinajstić information content (AvgIpc) is 3.10. The Labute approximate surface area is 182 Å². The number of amides is 1. The van der Waals surface area contributed by atoms with E-state index in [1.165, 1.54) is 22.2 Å². The van der Waals surface area contributed by atoms with Crippen LogP contribution in [0.2, 0.25) is 0 Å². The normalized spacial score (nSPS) is 20.8. The molecule has 0 radical (unpaired) electrons. The molecule has 2 aromatic rings. The van der Waals surface area contributed by atoms with Crippen LogP contribution in [0.1, 0.15) is 62.2 Å². The first-order chi connectivity index (χ1) is 14.0. The summed E-state index contributed by atoms with van der Waals surface area (Å²) in [6.07, 6.45) is 4.99. The van der Waals surface area contributed by atoms with Gasteiger partial charge in [-0.2, -0.15) is 0 Å². The van der Waals surface area contributed by atoms with Crippen LogP contribution >= 0.6 is 22.9 Å². The van der Waals surface area contributed by atoms with Crippen molar-refractivity contribution in [3.05, 3.63) is 16.3 Å². The van der Waals surface area contributed by atoms with E-state index >= 15 is 0 Å². The number of piperazine rings is 1. The molecule has 5 nitrogen and oxygen atoms in total. The molecule has 1 saturated heterocycles. The predicted octanol–water partition coefficient (Wildman–Crippen LogP) is 4.61. The average molecular weight is 435 g/mol. The first-order valence-corrected chi connectivity index (χ1v) is 12.3. The summed E-state index contributed by atoms with van der Waals surface area (Å²) < 4.78 is 0. The molecule has 29 heavy (non-hydrogen) atoms. The van der Waals surface area contributed by atoms with Crippen molar-refractivity contribution in [1.29, 1.82) is 0 Å². The number of thiophene rings is 1. The minimum Gasteiger partial charge on any atom is -0.352 e. The molecule has 1 fully saturated rings. The molecule has 158 valence electrons. The minimum atomic E-state index is 0.162. The molecule has 2 aliphatic rings. The Kier molecular flexibility index (Phi) is 6.30. The van der Waals surface area contributed by atoms with Crippen LogP contribution in [0.5, 0.6) is 0 Å². The van der Waals surface area contributed by atoms with Gasteiger partial charge in [-0.1, -0.05) is 20.8 Å². The zero-order chi connectivity index (χ0) is 20.5. The van der Waals surface area contributed by atoms with Crippen LogP contribution in [0, 0.1) is 5.92 Å².